The largest absolute Gasteiger partial charge is 0.381 e. The number of thiazole rings is 1. The van der Waals surface area contributed by atoms with Gasteiger partial charge in [0.05, 0.1) is 0 Å². The Morgan fingerprint density at radius 2 is 2.19 bits per heavy atom. The van der Waals surface area contributed by atoms with Crippen molar-refractivity contribution in [2.75, 3.05) is 5.73 Å². The van der Waals surface area contributed by atoms with E-state index in [4.69, 9.17) is 5.73 Å². The van der Waals surface area contributed by atoms with E-state index < -0.39 is 10.0 Å². The average molecular weight is 342 g/mol. The molecule has 3 rings (SSSR count). The third-order valence-electron chi connectivity index (χ3n) is 3.15. The number of thiophene rings is 1. The molecule has 0 amide bonds. The molecule has 21 heavy (non-hydrogen) atoms. The van der Waals surface area contributed by atoms with E-state index >= 15 is 0 Å². The van der Waals surface area contributed by atoms with Crippen molar-refractivity contribution in [3.63, 3.8) is 0 Å². The summed E-state index contributed by atoms with van der Waals surface area (Å²) in [4.78, 5) is 6.78. The summed E-state index contributed by atoms with van der Waals surface area (Å²) in [5.41, 5.74) is 6.90. The molecule has 6 nitrogen and oxygen atoms in total. The van der Waals surface area contributed by atoms with Crippen molar-refractivity contribution >= 4 is 43.5 Å². The Labute approximate surface area is 130 Å². The van der Waals surface area contributed by atoms with Crippen LogP contribution >= 0.6 is 22.7 Å². The topological polar surface area (TPSA) is 89.5 Å². The van der Waals surface area contributed by atoms with Crippen LogP contribution in [0.2, 0.25) is 0 Å². The van der Waals surface area contributed by atoms with Gasteiger partial charge in [-0.2, -0.15) is 0 Å². The molecule has 3 heterocycles. The van der Waals surface area contributed by atoms with Gasteiger partial charge in [0.2, 0.25) is 0 Å². The summed E-state index contributed by atoms with van der Waals surface area (Å²) in [6.45, 7) is 4.27. The molecule has 0 fully saturated rings. The molecule has 3 aromatic heterocycles. The van der Waals surface area contributed by atoms with Crippen molar-refractivity contribution in [2.45, 2.75) is 25.4 Å². The zero-order valence-corrected chi connectivity index (χ0v) is 13.9. The number of hydrogen-bond acceptors (Lipinski definition) is 6. The van der Waals surface area contributed by atoms with E-state index in [2.05, 4.69) is 9.71 Å². The van der Waals surface area contributed by atoms with Gasteiger partial charge in [-0.3, -0.25) is 4.40 Å². The fourth-order valence-electron chi connectivity index (χ4n) is 2.02. The number of hydrogen-bond donors (Lipinski definition) is 2. The molecule has 0 aliphatic rings. The lowest BCUT2D eigenvalue weighted by Crippen LogP contribution is -2.24. The molecule has 0 unspecified atom stereocenters. The van der Waals surface area contributed by atoms with Crippen LogP contribution in [-0.2, 0) is 16.6 Å². The normalized spacial score (nSPS) is 12.3. The Bertz CT molecular complexity index is 885. The highest BCUT2D eigenvalue weighted by molar-refractivity contribution is 7.89. The van der Waals surface area contributed by atoms with Gasteiger partial charge in [0.15, 0.2) is 15.8 Å². The Balaban J connectivity index is 1.90. The van der Waals surface area contributed by atoms with Gasteiger partial charge in [0.1, 0.15) is 0 Å². The number of nitrogens with two attached hydrogens (primary N) is 1. The standard InChI is InChI=1S/C12H14N4O2S3/c1-7-5-9(20-8(7)2)6-14-21(17,18)11-10(13)15-12-16(11)3-4-19-12/h3-5,14H,6,13H2,1-2H3. The zero-order valence-electron chi connectivity index (χ0n) is 11.5. The smallest absolute Gasteiger partial charge is 0.260 e. The van der Waals surface area contributed by atoms with Crippen molar-refractivity contribution < 1.29 is 8.42 Å². The predicted octanol–water partition coefficient (Wildman–Crippen LogP) is 2.13. The van der Waals surface area contributed by atoms with E-state index in [9.17, 15) is 8.42 Å². The zero-order chi connectivity index (χ0) is 15.2. The molecule has 0 atom stereocenters. The molecule has 3 aromatic rings. The maximum atomic E-state index is 12.4. The first-order chi connectivity index (χ1) is 9.88. The number of fused-ring (bicyclic) bond motifs is 1. The van der Waals surface area contributed by atoms with Gasteiger partial charge in [0, 0.05) is 27.9 Å². The third-order valence-corrected chi connectivity index (χ3v) is 6.50. The van der Waals surface area contributed by atoms with Crippen molar-refractivity contribution in [2.24, 2.45) is 0 Å². The quantitative estimate of drug-likeness (QED) is 0.760. The van der Waals surface area contributed by atoms with Crippen LogP contribution in [0.5, 0.6) is 0 Å². The van der Waals surface area contributed by atoms with E-state index in [0.717, 1.165) is 4.88 Å². The number of nitrogen functional groups attached to an aromatic ring is 1. The minimum Gasteiger partial charge on any atom is -0.381 e. The van der Waals surface area contributed by atoms with E-state index in [1.807, 2.05) is 19.9 Å². The van der Waals surface area contributed by atoms with Crippen LogP contribution in [0.25, 0.3) is 4.96 Å². The molecule has 0 aromatic carbocycles. The molecule has 0 aliphatic heterocycles. The lowest BCUT2D eigenvalue weighted by molar-refractivity contribution is 0.577. The van der Waals surface area contributed by atoms with Crippen LogP contribution in [-0.4, -0.2) is 17.8 Å². The van der Waals surface area contributed by atoms with Crippen molar-refractivity contribution in [3.8, 4) is 0 Å². The van der Waals surface area contributed by atoms with Crippen LogP contribution in [0.3, 0.4) is 0 Å². The molecule has 0 bridgehead atoms. The molecule has 9 heteroatoms. The van der Waals surface area contributed by atoms with Gasteiger partial charge in [-0.05, 0) is 25.5 Å². The molecule has 0 saturated carbocycles. The van der Waals surface area contributed by atoms with Crippen LogP contribution < -0.4 is 10.5 Å². The summed E-state index contributed by atoms with van der Waals surface area (Å²) < 4.78 is 29.0. The van der Waals surface area contributed by atoms with Gasteiger partial charge in [-0.1, -0.05) is 0 Å². The number of aryl methyl sites for hydroxylation is 2. The number of imidazole rings is 1. The van der Waals surface area contributed by atoms with Gasteiger partial charge in [0.25, 0.3) is 10.0 Å². The van der Waals surface area contributed by atoms with Crippen LogP contribution in [0, 0.1) is 13.8 Å². The van der Waals surface area contributed by atoms with Crippen LogP contribution in [0.4, 0.5) is 5.82 Å². The molecule has 0 aliphatic carbocycles. The fraction of sp³-hybridized carbons (Fsp3) is 0.250. The number of rotatable bonds is 4. The third kappa shape index (κ3) is 2.57. The van der Waals surface area contributed by atoms with Gasteiger partial charge in [-0.15, -0.1) is 22.7 Å². The van der Waals surface area contributed by atoms with E-state index in [1.54, 1.807) is 22.9 Å². The minimum atomic E-state index is -3.71. The fourth-order valence-corrected chi connectivity index (χ4v) is 5.09. The van der Waals surface area contributed by atoms with Crippen LogP contribution in [0.1, 0.15) is 15.3 Å². The second kappa shape index (κ2) is 5.09. The van der Waals surface area contributed by atoms with Gasteiger partial charge in [-0.25, -0.2) is 18.1 Å². The average Bonchev–Trinajstić information content (AvgIpc) is 3.02. The molecule has 0 radical (unpaired) electrons. The molecule has 0 saturated heterocycles. The van der Waals surface area contributed by atoms with E-state index in [-0.39, 0.29) is 17.4 Å². The Kier molecular flexibility index (Phi) is 3.52. The van der Waals surface area contributed by atoms with Crippen molar-refractivity contribution in [1.29, 1.82) is 0 Å². The maximum Gasteiger partial charge on any atom is 0.260 e. The second-order valence-corrected chi connectivity index (χ2v) is 8.53. The van der Waals surface area contributed by atoms with Gasteiger partial charge < -0.3 is 5.73 Å². The first-order valence-electron chi connectivity index (χ1n) is 6.15. The van der Waals surface area contributed by atoms with Crippen molar-refractivity contribution in [1.82, 2.24) is 14.1 Å². The lowest BCUT2D eigenvalue weighted by atomic mass is 10.3. The van der Waals surface area contributed by atoms with Crippen LogP contribution in [0.15, 0.2) is 22.7 Å². The predicted molar refractivity (Wildman–Crippen MR) is 85.3 cm³/mol. The Hall–Kier alpha value is -1.42. The van der Waals surface area contributed by atoms with Gasteiger partial charge >= 0.3 is 0 Å². The summed E-state index contributed by atoms with van der Waals surface area (Å²) in [5, 5.41) is 1.77. The Morgan fingerprint density at radius 3 is 2.86 bits per heavy atom. The summed E-state index contributed by atoms with van der Waals surface area (Å²) in [5.74, 6) is 0.0212. The van der Waals surface area contributed by atoms with E-state index in [1.165, 1.54) is 26.2 Å². The highest BCUT2D eigenvalue weighted by Crippen LogP contribution is 2.24. The monoisotopic (exact) mass is 342 g/mol. The maximum absolute atomic E-state index is 12.4. The summed E-state index contributed by atoms with van der Waals surface area (Å²) >= 11 is 2.92. The minimum absolute atomic E-state index is 0.00347. The SMILES string of the molecule is Cc1cc(CNS(=O)(=O)c2c(N)nc3sccn23)sc1C. The summed E-state index contributed by atoms with van der Waals surface area (Å²) in [6.07, 6.45) is 1.65. The van der Waals surface area contributed by atoms with E-state index in [0.29, 0.717) is 4.96 Å². The first-order valence-corrected chi connectivity index (χ1v) is 9.33. The number of anilines is 1. The molecular weight excluding hydrogens is 328 g/mol. The second-order valence-electron chi connectivity index (χ2n) is 4.63. The molecule has 3 N–H and O–H groups in total. The lowest BCUT2D eigenvalue weighted by Gasteiger charge is -2.05. The number of aromatic nitrogens is 2. The Morgan fingerprint density at radius 1 is 1.43 bits per heavy atom. The highest BCUT2D eigenvalue weighted by atomic mass is 32.2. The summed E-state index contributed by atoms with van der Waals surface area (Å²) in [7, 11) is -3.71. The number of sulfonamides is 1. The highest BCUT2D eigenvalue weighted by Gasteiger charge is 2.24. The van der Waals surface area contributed by atoms with Crippen molar-refractivity contribution in [3.05, 3.63) is 33.0 Å². The first kappa shape index (κ1) is 14.5. The molecular formula is C12H14N4O2S3. The number of nitrogens with one attached hydrogen (secondary N) is 1. The molecule has 112 valence electrons. The summed E-state index contributed by atoms with van der Waals surface area (Å²) in [6, 6.07) is 1.99. The molecule has 0 spiro atoms. The number of nitrogens with zero attached hydrogens (tertiary/aromatic N) is 2.